The third-order valence-electron chi connectivity index (χ3n) is 3.23. The molecular formula is C18H15IN2O3. The summed E-state index contributed by atoms with van der Waals surface area (Å²) in [5.74, 6) is 0.675. The first-order valence-electron chi connectivity index (χ1n) is 6.98. The van der Waals surface area contributed by atoms with Crippen molar-refractivity contribution in [3.8, 4) is 17.6 Å². The minimum atomic E-state index is -0.473. The second-order valence-corrected chi connectivity index (χ2v) is 5.87. The number of ether oxygens (including phenoxy) is 2. The molecule has 0 bridgehead atoms. The van der Waals surface area contributed by atoms with Crippen molar-refractivity contribution in [1.82, 2.24) is 0 Å². The Morgan fingerprint density at radius 1 is 1.21 bits per heavy atom. The van der Waals surface area contributed by atoms with Gasteiger partial charge in [-0.3, -0.25) is 4.79 Å². The minimum absolute atomic E-state index is 0.0156. The Morgan fingerprint density at radius 2 is 1.96 bits per heavy atom. The number of nitriles is 1. The second-order valence-electron chi connectivity index (χ2n) is 4.71. The molecule has 24 heavy (non-hydrogen) atoms. The van der Waals surface area contributed by atoms with E-state index in [1.54, 1.807) is 31.4 Å². The van der Waals surface area contributed by atoms with Gasteiger partial charge in [0, 0.05) is 15.2 Å². The molecule has 2 aromatic carbocycles. The Labute approximate surface area is 154 Å². The number of rotatable bonds is 5. The largest absolute Gasteiger partial charge is 0.497 e. The van der Waals surface area contributed by atoms with Crippen LogP contribution in [-0.2, 0) is 4.79 Å². The maximum Gasteiger partial charge on any atom is 0.266 e. The molecule has 0 saturated carbocycles. The van der Waals surface area contributed by atoms with Gasteiger partial charge in [0.1, 0.15) is 23.1 Å². The topological polar surface area (TPSA) is 71.3 Å². The Balaban J connectivity index is 2.31. The van der Waals surface area contributed by atoms with E-state index in [0.29, 0.717) is 22.7 Å². The second kappa shape index (κ2) is 8.36. The van der Waals surface area contributed by atoms with Crippen LogP contribution in [0.3, 0.4) is 0 Å². The van der Waals surface area contributed by atoms with Crippen LogP contribution in [-0.4, -0.2) is 20.1 Å². The van der Waals surface area contributed by atoms with E-state index in [0.717, 1.165) is 3.57 Å². The summed E-state index contributed by atoms with van der Waals surface area (Å²) >= 11 is 2.12. The molecule has 0 spiro atoms. The summed E-state index contributed by atoms with van der Waals surface area (Å²) in [6.07, 6.45) is 1.49. The molecule has 1 amide bonds. The van der Waals surface area contributed by atoms with E-state index < -0.39 is 5.91 Å². The summed E-state index contributed by atoms with van der Waals surface area (Å²) in [5.41, 5.74) is 1.26. The van der Waals surface area contributed by atoms with Crippen LogP contribution >= 0.6 is 22.6 Å². The van der Waals surface area contributed by atoms with Crippen LogP contribution in [0.25, 0.3) is 6.08 Å². The van der Waals surface area contributed by atoms with Gasteiger partial charge < -0.3 is 14.8 Å². The lowest BCUT2D eigenvalue weighted by atomic mass is 10.1. The number of halogens is 1. The number of benzene rings is 2. The van der Waals surface area contributed by atoms with Crippen molar-refractivity contribution in [3.05, 3.63) is 57.2 Å². The molecule has 0 saturated heterocycles. The van der Waals surface area contributed by atoms with Crippen molar-refractivity contribution >= 4 is 40.3 Å². The van der Waals surface area contributed by atoms with Crippen molar-refractivity contribution in [2.24, 2.45) is 0 Å². The zero-order valence-corrected chi connectivity index (χ0v) is 15.3. The molecule has 2 aromatic rings. The molecule has 2 rings (SSSR count). The third-order valence-corrected chi connectivity index (χ3v) is 4.17. The summed E-state index contributed by atoms with van der Waals surface area (Å²) in [6, 6.07) is 14.4. The molecule has 0 aliphatic heterocycles. The van der Waals surface area contributed by atoms with Gasteiger partial charge in [-0.1, -0.05) is 12.1 Å². The fourth-order valence-corrected chi connectivity index (χ4v) is 2.52. The van der Waals surface area contributed by atoms with Crippen LogP contribution < -0.4 is 14.8 Å². The molecule has 0 aromatic heterocycles. The standard InChI is InChI=1S/C18H15IN2O3/c1-23-14-8-7-12(17(10-14)24-2)9-13(11-20)18(22)21-16-6-4-3-5-15(16)19/h3-10H,1-2H3,(H,21,22)/b13-9+. The number of hydrogen-bond donors (Lipinski definition) is 1. The Bertz CT molecular complexity index is 825. The van der Waals surface area contributed by atoms with E-state index in [1.807, 2.05) is 24.3 Å². The number of nitrogens with one attached hydrogen (secondary N) is 1. The number of hydrogen-bond acceptors (Lipinski definition) is 4. The zero-order valence-electron chi connectivity index (χ0n) is 13.2. The summed E-state index contributed by atoms with van der Waals surface area (Å²) in [6.45, 7) is 0. The fraction of sp³-hybridized carbons (Fsp3) is 0.111. The summed E-state index contributed by atoms with van der Waals surface area (Å²) in [4.78, 5) is 12.4. The zero-order chi connectivity index (χ0) is 17.5. The lowest BCUT2D eigenvalue weighted by Crippen LogP contribution is -2.14. The van der Waals surface area contributed by atoms with E-state index in [-0.39, 0.29) is 5.57 Å². The monoisotopic (exact) mass is 434 g/mol. The highest BCUT2D eigenvalue weighted by molar-refractivity contribution is 14.1. The first kappa shape index (κ1) is 17.8. The van der Waals surface area contributed by atoms with Gasteiger partial charge in [0.25, 0.3) is 5.91 Å². The maximum absolute atomic E-state index is 12.4. The lowest BCUT2D eigenvalue weighted by Gasteiger charge is -2.09. The third kappa shape index (κ3) is 4.26. The van der Waals surface area contributed by atoms with Gasteiger partial charge in [-0.25, -0.2) is 0 Å². The predicted molar refractivity (Wildman–Crippen MR) is 101 cm³/mol. The van der Waals surface area contributed by atoms with Crippen molar-refractivity contribution < 1.29 is 14.3 Å². The highest BCUT2D eigenvalue weighted by atomic mass is 127. The van der Waals surface area contributed by atoms with Crippen LogP contribution in [0.1, 0.15) is 5.56 Å². The molecule has 0 heterocycles. The van der Waals surface area contributed by atoms with Crippen molar-refractivity contribution in [2.75, 3.05) is 19.5 Å². The van der Waals surface area contributed by atoms with E-state index in [2.05, 4.69) is 27.9 Å². The summed E-state index contributed by atoms with van der Waals surface area (Å²) in [5, 5.41) is 12.1. The number of anilines is 1. The minimum Gasteiger partial charge on any atom is -0.497 e. The molecule has 1 N–H and O–H groups in total. The Kier molecular flexibility index (Phi) is 6.21. The van der Waals surface area contributed by atoms with Crippen molar-refractivity contribution in [1.29, 1.82) is 5.26 Å². The average molecular weight is 434 g/mol. The van der Waals surface area contributed by atoms with Gasteiger partial charge in [-0.15, -0.1) is 0 Å². The molecule has 0 unspecified atom stereocenters. The summed E-state index contributed by atoms with van der Waals surface area (Å²) < 4.78 is 11.3. The lowest BCUT2D eigenvalue weighted by molar-refractivity contribution is -0.112. The normalized spacial score (nSPS) is 10.7. The fourth-order valence-electron chi connectivity index (χ4n) is 1.99. The van der Waals surface area contributed by atoms with Gasteiger partial charge in [-0.05, 0) is 52.9 Å². The maximum atomic E-state index is 12.4. The highest BCUT2D eigenvalue weighted by Gasteiger charge is 2.13. The average Bonchev–Trinajstić information content (AvgIpc) is 2.61. The SMILES string of the molecule is COc1ccc(/C=C(\C#N)C(=O)Nc2ccccc2I)c(OC)c1. The Morgan fingerprint density at radius 3 is 2.58 bits per heavy atom. The van der Waals surface area contributed by atoms with Crippen molar-refractivity contribution in [3.63, 3.8) is 0 Å². The predicted octanol–water partition coefficient (Wildman–Crippen LogP) is 3.85. The first-order chi connectivity index (χ1) is 11.6. The van der Waals surface area contributed by atoms with Crippen molar-refractivity contribution in [2.45, 2.75) is 0 Å². The molecule has 122 valence electrons. The number of carbonyl (C=O) groups is 1. The Hall–Kier alpha value is -2.53. The molecule has 0 aliphatic carbocycles. The number of nitrogens with zero attached hydrogens (tertiary/aromatic N) is 1. The van der Waals surface area contributed by atoms with Crippen LogP contribution in [0, 0.1) is 14.9 Å². The van der Waals surface area contributed by atoms with E-state index in [9.17, 15) is 10.1 Å². The van der Waals surface area contributed by atoms with Gasteiger partial charge in [0.2, 0.25) is 0 Å². The highest BCUT2D eigenvalue weighted by Crippen LogP contribution is 2.27. The molecule has 6 heteroatoms. The number of para-hydroxylation sites is 1. The summed E-state index contributed by atoms with van der Waals surface area (Å²) in [7, 11) is 3.07. The smallest absolute Gasteiger partial charge is 0.266 e. The van der Waals surface area contributed by atoms with Crippen LogP contribution in [0.2, 0.25) is 0 Å². The molecule has 0 aliphatic rings. The van der Waals surface area contributed by atoms with E-state index in [4.69, 9.17) is 9.47 Å². The molecule has 5 nitrogen and oxygen atoms in total. The van der Waals surface area contributed by atoms with E-state index in [1.165, 1.54) is 13.2 Å². The molecule has 0 radical (unpaired) electrons. The van der Waals surface area contributed by atoms with Gasteiger partial charge in [0.05, 0.1) is 19.9 Å². The first-order valence-corrected chi connectivity index (χ1v) is 8.06. The molecular weight excluding hydrogens is 419 g/mol. The van der Waals surface area contributed by atoms with Gasteiger partial charge in [-0.2, -0.15) is 5.26 Å². The van der Waals surface area contributed by atoms with Crippen LogP contribution in [0.15, 0.2) is 48.0 Å². The van der Waals surface area contributed by atoms with E-state index >= 15 is 0 Å². The number of carbonyl (C=O) groups excluding carboxylic acids is 1. The quantitative estimate of drug-likeness (QED) is 0.441. The molecule has 0 fully saturated rings. The van der Waals surface area contributed by atoms with Gasteiger partial charge in [0.15, 0.2) is 0 Å². The van der Waals surface area contributed by atoms with Crippen LogP contribution in [0.4, 0.5) is 5.69 Å². The van der Waals surface area contributed by atoms with Crippen LogP contribution in [0.5, 0.6) is 11.5 Å². The molecule has 0 atom stereocenters. The van der Waals surface area contributed by atoms with Gasteiger partial charge >= 0.3 is 0 Å². The number of amides is 1. The number of methoxy groups -OCH3 is 2.